The van der Waals surface area contributed by atoms with Gasteiger partial charge >= 0.3 is 12.3 Å². The predicted octanol–water partition coefficient (Wildman–Crippen LogP) is 2.52. The minimum Gasteiger partial charge on any atom is -0.431 e. The number of halogens is 3. The summed E-state index contributed by atoms with van der Waals surface area (Å²) in [4.78, 5) is 24.7. The molecule has 20 heavy (non-hydrogen) atoms. The van der Waals surface area contributed by atoms with Crippen LogP contribution >= 0.6 is 11.3 Å². The largest absolute Gasteiger partial charge is 0.573 e. The SMILES string of the molecule is O=C=Nc1c(OC(F)(F)F)csc1C(=O)OC1CCO1. The summed E-state index contributed by atoms with van der Waals surface area (Å²) in [6.07, 6.45) is -4.13. The van der Waals surface area contributed by atoms with E-state index in [1.165, 1.54) is 0 Å². The van der Waals surface area contributed by atoms with E-state index in [-0.39, 0.29) is 4.88 Å². The maximum Gasteiger partial charge on any atom is 0.573 e. The standard InChI is InChI=1S/C10H6F3NO5S/c11-10(12,13)19-5-3-20-8(7(5)14-4-15)9(16)18-6-1-2-17-6/h3,6H,1-2H2. The lowest BCUT2D eigenvalue weighted by molar-refractivity contribution is -0.274. The Morgan fingerprint density at radius 1 is 1.55 bits per heavy atom. The van der Waals surface area contributed by atoms with Gasteiger partial charge in [0.05, 0.1) is 6.61 Å². The Labute approximate surface area is 113 Å². The summed E-state index contributed by atoms with van der Waals surface area (Å²) >= 11 is 0.614. The van der Waals surface area contributed by atoms with Gasteiger partial charge in [0.2, 0.25) is 12.4 Å². The lowest BCUT2D eigenvalue weighted by atomic mass is 10.3. The van der Waals surface area contributed by atoms with Crippen molar-refractivity contribution in [2.45, 2.75) is 19.1 Å². The number of carbonyl (C=O) groups is 1. The van der Waals surface area contributed by atoms with E-state index in [1.54, 1.807) is 0 Å². The zero-order valence-electron chi connectivity index (χ0n) is 9.60. The van der Waals surface area contributed by atoms with E-state index in [1.807, 2.05) is 0 Å². The number of hydrogen-bond donors (Lipinski definition) is 0. The van der Waals surface area contributed by atoms with Crippen LogP contribution in [-0.2, 0) is 14.3 Å². The van der Waals surface area contributed by atoms with Crippen molar-refractivity contribution in [2.24, 2.45) is 4.99 Å². The fourth-order valence-corrected chi connectivity index (χ4v) is 2.10. The number of aliphatic imine (C=N–C) groups is 1. The van der Waals surface area contributed by atoms with Crippen LogP contribution in [0.2, 0.25) is 0 Å². The second-order valence-corrected chi connectivity index (χ2v) is 4.40. The van der Waals surface area contributed by atoms with Crippen molar-refractivity contribution >= 4 is 29.1 Å². The fourth-order valence-electron chi connectivity index (χ4n) is 1.31. The number of thiophene rings is 1. The highest BCUT2D eigenvalue weighted by molar-refractivity contribution is 7.13. The minimum absolute atomic E-state index is 0.289. The van der Waals surface area contributed by atoms with Gasteiger partial charge in [0, 0.05) is 11.8 Å². The van der Waals surface area contributed by atoms with Gasteiger partial charge in [-0.25, -0.2) is 9.59 Å². The number of carbonyl (C=O) groups excluding carboxylic acids is 2. The molecular formula is C10H6F3NO5S. The van der Waals surface area contributed by atoms with Crippen LogP contribution in [0.25, 0.3) is 0 Å². The van der Waals surface area contributed by atoms with Gasteiger partial charge in [0.25, 0.3) is 0 Å². The van der Waals surface area contributed by atoms with Crippen molar-refractivity contribution in [3.05, 3.63) is 10.3 Å². The first kappa shape index (κ1) is 14.5. The molecule has 0 radical (unpaired) electrons. The van der Waals surface area contributed by atoms with Gasteiger partial charge in [0.1, 0.15) is 10.6 Å². The zero-order valence-corrected chi connectivity index (χ0v) is 10.4. The maximum atomic E-state index is 12.2. The minimum atomic E-state index is -4.97. The molecule has 2 rings (SSSR count). The molecule has 1 aliphatic heterocycles. The molecule has 1 atom stereocenters. The van der Waals surface area contributed by atoms with Gasteiger partial charge < -0.3 is 14.2 Å². The Bertz CT molecular complexity index is 560. The van der Waals surface area contributed by atoms with Gasteiger partial charge in [-0.15, -0.1) is 24.5 Å². The first-order chi connectivity index (χ1) is 9.40. The highest BCUT2D eigenvalue weighted by Crippen LogP contribution is 2.40. The number of hydrogen-bond acceptors (Lipinski definition) is 7. The maximum absolute atomic E-state index is 12.2. The molecule has 0 bridgehead atoms. The van der Waals surface area contributed by atoms with E-state index in [0.717, 1.165) is 11.5 Å². The highest BCUT2D eigenvalue weighted by atomic mass is 32.1. The third kappa shape index (κ3) is 3.35. The molecule has 1 aromatic rings. The quantitative estimate of drug-likeness (QED) is 0.485. The molecule has 2 heterocycles. The van der Waals surface area contributed by atoms with Crippen LogP contribution in [0.1, 0.15) is 16.1 Å². The molecule has 1 fully saturated rings. The van der Waals surface area contributed by atoms with Crippen molar-refractivity contribution < 1.29 is 37.0 Å². The topological polar surface area (TPSA) is 74.2 Å². The Kier molecular flexibility index (Phi) is 4.07. The predicted molar refractivity (Wildman–Crippen MR) is 58.6 cm³/mol. The molecule has 108 valence electrons. The van der Waals surface area contributed by atoms with Crippen molar-refractivity contribution in [1.29, 1.82) is 0 Å². The second-order valence-electron chi connectivity index (χ2n) is 3.52. The van der Waals surface area contributed by atoms with E-state index < -0.39 is 30.1 Å². The fraction of sp³-hybridized carbons (Fsp3) is 0.400. The van der Waals surface area contributed by atoms with Crippen molar-refractivity contribution in [1.82, 2.24) is 0 Å². The molecule has 0 aromatic carbocycles. The summed E-state index contributed by atoms with van der Waals surface area (Å²) in [6.45, 7) is 0.435. The number of nitrogens with zero attached hydrogens (tertiary/aromatic N) is 1. The van der Waals surface area contributed by atoms with Gasteiger partial charge in [-0.2, -0.15) is 4.99 Å². The summed E-state index contributed by atoms with van der Waals surface area (Å²) in [6, 6.07) is 0. The third-order valence-corrected chi connectivity index (χ3v) is 3.12. The molecule has 1 aromatic heterocycles. The van der Waals surface area contributed by atoms with Crippen molar-refractivity contribution in [2.75, 3.05) is 6.61 Å². The van der Waals surface area contributed by atoms with Gasteiger partial charge in [0.15, 0.2) is 5.75 Å². The molecule has 0 spiro atoms. The lowest BCUT2D eigenvalue weighted by Gasteiger charge is -2.25. The number of esters is 1. The first-order valence-corrected chi connectivity index (χ1v) is 6.06. The Morgan fingerprint density at radius 3 is 2.75 bits per heavy atom. The molecule has 0 aliphatic carbocycles. The van der Waals surface area contributed by atoms with Crippen molar-refractivity contribution in [3.63, 3.8) is 0 Å². The Morgan fingerprint density at radius 2 is 2.25 bits per heavy atom. The highest BCUT2D eigenvalue weighted by Gasteiger charge is 2.35. The lowest BCUT2D eigenvalue weighted by Crippen LogP contribution is -2.31. The molecule has 0 N–H and O–H groups in total. The normalized spacial score (nSPS) is 17.9. The summed E-state index contributed by atoms with van der Waals surface area (Å²) in [7, 11) is 0. The molecule has 10 heteroatoms. The summed E-state index contributed by atoms with van der Waals surface area (Å²) in [5, 5.41) is 0.905. The van der Waals surface area contributed by atoms with E-state index in [4.69, 9.17) is 9.47 Å². The van der Waals surface area contributed by atoms with Crippen LogP contribution in [0.5, 0.6) is 5.75 Å². The van der Waals surface area contributed by atoms with Crippen LogP contribution in [0.15, 0.2) is 10.4 Å². The van der Waals surface area contributed by atoms with Crippen LogP contribution < -0.4 is 4.74 Å². The van der Waals surface area contributed by atoms with Crippen LogP contribution in [0, 0.1) is 0 Å². The van der Waals surface area contributed by atoms with E-state index in [0.29, 0.717) is 24.4 Å². The average molecular weight is 309 g/mol. The third-order valence-electron chi connectivity index (χ3n) is 2.20. The van der Waals surface area contributed by atoms with Crippen LogP contribution in [0.4, 0.5) is 18.9 Å². The number of isocyanates is 1. The summed E-state index contributed by atoms with van der Waals surface area (Å²) in [5.41, 5.74) is -0.563. The van der Waals surface area contributed by atoms with E-state index in [2.05, 4.69) is 9.73 Å². The van der Waals surface area contributed by atoms with Crippen molar-refractivity contribution in [3.8, 4) is 5.75 Å². The second kappa shape index (κ2) is 5.61. The molecule has 1 saturated heterocycles. The molecule has 1 aliphatic rings. The van der Waals surface area contributed by atoms with Gasteiger partial charge in [-0.1, -0.05) is 0 Å². The van der Waals surface area contributed by atoms with E-state index in [9.17, 15) is 22.8 Å². The monoisotopic (exact) mass is 309 g/mol. The Balaban J connectivity index is 2.23. The summed E-state index contributed by atoms with van der Waals surface area (Å²) in [5.74, 6) is -1.70. The first-order valence-electron chi connectivity index (χ1n) is 5.18. The number of rotatable bonds is 4. The van der Waals surface area contributed by atoms with Crippen LogP contribution in [0.3, 0.4) is 0 Å². The zero-order chi connectivity index (χ0) is 14.8. The van der Waals surface area contributed by atoms with Gasteiger partial charge in [-0.05, 0) is 0 Å². The van der Waals surface area contributed by atoms with Crippen LogP contribution in [-0.4, -0.2) is 31.3 Å². The smallest absolute Gasteiger partial charge is 0.431 e. The molecular weight excluding hydrogens is 303 g/mol. The molecule has 1 unspecified atom stereocenters. The molecule has 0 saturated carbocycles. The average Bonchev–Trinajstić information content (AvgIpc) is 2.65. The Hall–Kier alpha value is -1.90. The number of alkyl halides is 3. The molecule has 6 nitrogen and oxygen atoms in total. The molecule has 0 amide bonds. The summed E-state index contributed by atoms with van der Waals surface area (Å²) < 4.78 is 49.8. The number of ether oxygens (including phenoxy) is 3. The van der Waals surface area contributed by atoms with Gasteiger partial charge in [-0.3, -0.25) is 0 Å². The van der Waals surface area contributed by atoms with E-state index >= 15 is 0 Å².